The van der Waals surface area contributed by atoms with E-state index in [0.29, 0.717) is 0 Å². The summed E-state index contributed by atoms with van der Waals surface area (Å²) in [7, 11) is 2.11. The Bertz CT molecular complexity index is 1840. The lowest BCUT2D eigenvalue weighted by molar-refractivity contribution is -0.643. The van der Waals surface area contributed by atoms with Crippen molar-refractivity contribution in [2.75, 3.05) is 0 Å². The number of nitrogens with zero attached hydrogens (tertiary/aromatic N) is 2. The molecule has 7 aromatic rings. The second kappa shape index (κ2) is 6.21. The van der Waals surface area contributed by atoms with Crippen LogP contribution >= 0.6 is 0 Å². The van der Waals surface area contributed by atoms with E-state index < -0.39 is 0 Å². The van der Waals surface area contributed by atoms with Gasteiger partial charge < -0.3 is 4.42 Å². The lowest BCUT2D eigenvalue weighted by Crippen LogP contribution is -2.26. The van der Waals surface area contributed by atoms with Crippen molar-refractivity contribution in [3.05, 3.63) is 96.8 Å². The SMILES string of the molecule is Cc1cccc2c3ccc4c5ccc(-c6ccccc6)cc5oc4c3n3cc[n+](C)c3c12. The molecule has 0 unspecified atom stereocenters. The van der Waals surface area contributed by atoms with Crippen LogP contribution in [0.15, 0.2) is 95.7 Å². The molecule has 3 heteroatoms. The second-order valence-electron chi connectivity index (χ2n) is 8.62. The number of benzene rings is 4. The molecule has 0 aliphatic carbocycles. The predicted molar refractivity (Wildman–Crippen MR) is 131 cm³/mol. The zero-order valence-corrected chi connectivity index (χ0v) is 18.0. The maximum atomic E-state index is 6.59. The van der Waals surface area contributed by atoms with E-state index in [1.807, 2.05) is 6.07 Å². The summed E-state index contributed by atoms with van der Waals surface area (Å²) in [6.45, 7) is 2.19. The van der Waals surface area contributed by atoms with Gasteiger partial charge in [-0.1, -0.05) is 54.6 Å². The van der Waals surface area contributed by atoms with E-state index in [2.05, 4.69) is 108 Å². The normalized spacial score (nSPS) is 12.1. The zero-order valence-electron chi connectivity index (χ0n) is 18.0. The number of aromatic nitrogens is 2. The molecule has 7 rings (SSSR count). The van der Waals surface area contributed by atoms with Crippen LogP contribution in [0.2, 0.25) is 0 Å². The number of pyridine rings is 1. The van der Waals surface area contributed by atoms with Gasteiger partial charge in [-0.05, 0) is 47.9 Å². The molecule has 3 aromatic heterocycles. The molecule has 0 amide bonds. The number of hydrogen-bond donors (Lipinski definition) is 0. The summed E-state index contributed by atoms with van der Waals surface area (Å²) in [6, 6.07) is 28.0. The van der Waals surface area contributed by atoms with E-state index in [0.717, 1.165) is 27.5 Å². The molecule has 4 aromatic carbocycles. The maximum absolute atomic E-state index is 6.59. The molecule has 0 aliphatic heterocycles. The molecular weight excluding hydrogens is 392 g/mol. The van der Waals surface area contributed by atoms with Crippen LogP contribution in [-0.4, -0.2) is 4.40 Å². The molecule has 0 N–H and O–H groups in total. The molecule has 0 saturated carbocycles. The van der Waals surface area contributed by atoms with Crippen molar-refractivity contribution in [1.82, 2.24) is 4.40 Å². The van der Waals surface area contributed by atoms with Gasteiger partial charge in [0.25, 0.3) is 5.65 Å². The predicted octanol–water partition coefficient (Wildman–Crippen LogP) is 6.95. The fourth-order valence-corrected chi connectivity index (χ4v) is 5.24. The lowest BCUT2D eigenvalue weighted by Gasteiger charge is -2.07. The highest BCUT2D eigenvalue weighted by molar-refractivity contribution is 6.21. The Hall–Kier alpha value is -4.11. The fourth-order valence-electron chi connectivity index (χ4n) is 5.24. The summed E-state index contributed by atoms with van der Waals surface area (Å²) in [5, 5.41) is 6.05. The van der Waals surface area contributed by atoms with Crippen molar-refractivity contribution in [2.45, 2.75) is 6.92 Å². The topological polar surface area (TPSA) is 21.4 Å². The molecule has 0 bridgehead atoms. The average molecular weight is 414 g/mol. The highest BCUT2D eigenvalue weighted by atomic mass is 16.3. The Morgan fingerprint density at radius 3 is 2.44 bits per heavy atom. The summed E-state index contributed by atoms with van der Waals surface area (Å²) in [4.78, 5) is 0. The summed E-state index contributed by atoms with van der Waals surface area (Å²) >= 11 is 0. The molecule has 3 nitrogen and oxygen atoms in total. The van der Waals surface area contributed by atoms with E-state index in [-0.39, 0.29) is 0 Å². The van der Waals surface area contributed by atoms with Crippen molar-refractivity contribution >= 4 is 49.3 Å². The van der Waals surface area contributed by atoms with Crippen molar-refractivity contribution in [3.8, 4) is 11.1 Å². The summed E-state index contributed by atoms with van der Waals surface area (Å²) in [5.41, 5.74) is 7.80. The maximum Gasteiger partial charge on any atom is 0.294 e. The van der Waals surface area contributed by atoms with Gasteiger partial charge in [0.1, 0.15) is 18.0 Å². The molecule has 0 aliphatic rings. The van der Waals surface area contributed by atoms with Crippen molar-refractivity contribution in [1.29, 1.82) is 0 Å². The number of hydrogen-bond acceptors (Lipinski definition) is 1. The first-order valence-corrected chi connectivity index (χ1v) is 10.9. The van der Waals surface area contributed by atoms with Gasteiger partial charge in [0.05, 0.1) is 12.4 Å². The van der Waals surface area contributed by atoms with E-state index in [4.69, 9.17) is 4.42 Å². The average Bonchev–Trinajstić information content (AvgIpc) is 3.39. The first-order chi connectivity index (χ1) is 15.7. The van der Waals surface area contributed by atoms with Crippen LogP contribution in [0.4, 0.5) is 0 Å². The Morgan fingerprint density at radius 2 is 1.56 bits per heavy atom. The van der Waals surface area contributed by atoms with Crippen molar-refractivity contribution < 1.29 is 8.98 Å². The third-order valence-electron chi connectivity index (χ3n) is 6.75. The standard InChI is InChI=1S/C29H21N2O/c1-18-7-6-10-22-23-13-14-24-21-12-11-20(19-8-4-3-5-9-19)17-25(21)32-28(24)27(23)31-16-15-30(2)29(31)26(18)22/h3-17H,1-2H3/q+1. The van der Waals surface area contributed by atoms with E-state index in [1.54, 1.807) is 0 Å². The van der Waals surface area contributed by atoms with E-state index >= 15 is 0 Å². The largest absolute Gasteiger partial charge is 0.452 e. The quantitative estimate of drug-likeness (QED) is 0.211. The van der Waals surface area contributed by atoms with Crippen molar-refractivity contribution in [2.24, 2.45) is 7.05 Å². The van der Waals surface area contributed by atoms with Crippen LogP contribution in [0.5, 0.6) is 0 Å². The molecule has 32 heavy (non-hydrogen) atoms. The van der Waals surface area contributed by atoms with Gasteiger partial charge in [-0.25, -0.2) is 4.57 Å². The molecule has 0 radical (unpaired) electrons. The number of imidazole rings is 1. The number of furan rings is 1. The Morgan fingerprint density at radius 1 is 0.750 bits per heavy atom. The van der Waals surface area contributed by atoms with Gasteiger partial charge in [0, 0.05) is 21.5 Å². The molecule has 152 valence electrons. The molecule has 0 spiro atoms. The summed E-state index contributed by atoms with van der Waals surface area (Å²) in [6.07, 6.45) is 4.27. The van der Waals surface area contributed by atoms with E-state index in [9.17, 15) is 0 Å². The molecule has 0 atom stereocenters. The zero-order chi connectivity index (χ0) is 21.4. The highest BCUT2D eigenvalue weighted by Gasteiger charge is 2.23. The minimum Gasteiger partial charge on any atom is -0.452 e. The first kappa shape index (κ1) is 17.6. The lowest BCUT2D eigenvalue weighted by atomic mass is 10.00. The number of aryl methyl sites for hydroxylation is 2. The van der Waals surface area contributed by atoms with Crippen LogP contribution in [0, 0.1) is 6.92 Å². The van der Waals surface area contributed by atoms with Gasteiger partial charge in [-0.3, -0.25) is 0 Å². The van der Waals surface area contributed by atoms with Gasteiger partial charge in [0.15, 0.2) is 11.1 Å². The molecule has 0 fully saturated rings. The molecular formula is C29H21N2O+. The minimum atomic E-state index is 0.919. The Labute approximate surface area is 184 Å². The van der Waals surface area contributed by atoms with Crippen molar-refractivity contribution in [3.63, 3.8) is 0 Å². The minimum absolute atomic E-state index is 0.919. The van der Waals surface area contributed by atoms with E-state index in [1.165, 1.54) is 38.5 Å². The summed E-state index contributed by atoms with van der Waals surface area (Å²) < 4.78 is 11.1. The first-order valence-electron chi connectivity index (χ1n) is 10.9. The number of rotatable bonds is 1. The second-order valence-corrected chi connectivity index (χ2v) is 8.62. The smallest absolute Gasteiger partial charge is 0.294 e. The molecule has 3 heterocycles. The summed E-state index contributed by atoms with van der Waals surface area (Å²) in [5.74, 6) is 0. The van der Waals surface area contributed by atoms with Gasteiger partial charge in [0.2, 0.25) is 0 Å². The monoisotopic (exact) mass is 413 g/mol. The fraction of sp³-hybridized carbons (Fsp3) is 0.0690. The van der Waals surface area contributed by atoms with Crippen LogP contribution in [-0.2, 0) is 7.05 Å². The third kappa shape index (κ3) is 2.23. The van der Waals surface area contributed by atoms with Gasteiger partial charge >= 0.3 is 0 Å². The third-order valence-corrected chi connectivity index (χ3v) is 6.75. The highest BCUT2D eigenvalue weighted by Crippen LogP contribution is 2.39. The van der Waals surface area contributed by atoms with Crippen LogP contribution in [0.25, 0.3) is 60.4 Å². The Kier molecular flexibility index (Phi) is 3.41. The molecule has 0 saturated heterocycles. The van der Waals surface area contributed by atoms with Crippen LogP contribution in [0.1, 0.15) is 5.56 Å². The Balaban J connectivity index is 1.66. The number of fused-ring (bicyclic) bond motifs is 10. The van der Waals surface area contributed by atoms with Crippen LogP contribution < -0.4 is 4.57 Å². The van der Waals surface area contributed by atoms with Gasteiger partial charge in [-0.2, -0.15) is 4.40 Å². The van der Waals surface area contributed by atoms with Gasteiger partial charge in [-0.15, -0.1) is 0 Å². The van der Waals surface area contributed by atoms with Crippen LogP contribution in [0.3, 0.4) is 0 Å².